The number of ether oxygens (including phenoxy) is 1. The Labute approximate surface area is 173 Å². The number of methoxy groups -OCH3 is 1. The normalized spacial score (nSPS) is 16.8. The van der Waals surface area contributed by atoms with Crippen molar-refractivity contribution in [2.24, 2.45) is 0 Å². The summed E-state index contributed by atoms with van der Waals surface area (Å²) in [7, 11) is -2.66. The first kappa shape index (κ1) is 20.9. The Bertz CT molecular complexity index is 1080. The van der Waals surface area contributed by atoms with Gasteiger partial charge in [-0.3, -0.25) is 0 Å². The molecule has 1 aliphatic heterocycles. The van der Waals surface area contributed by atoms with Crippen LogP contribution in [0.2, 0.25) is 5.02 Å². The van der Waals surface area contributed by atoms with E-state index in [1.54, 1.807) is 12.1 Å². The molecule has 2 N–H and O–H groups in total. The second-order valence-electron chi connectivity index (χ2n) is 6.54. The van der Waals surface area contributed by atoms with E-state index in [0.29, 0.717) is 10.6 Å². The fourth-order valence-corrected chi connectivity index (χ4v) is 4.46. The first-order chi connectivity index (χ1) is 13.7. The third-order valence-corrected chi connectivity index (χ3v) is 6.39. The number of rotatable bonds is 5. The maximum Gasteiger partial charge on any atom is 0.338 e. The minimum atomic E-state index is -3.85. The largest absolute Gasteiger partial charge is 0.466 e. The molecule has 0 radical (unpaired) electrons. The molecule has 29 heavy (non-hydrogen) atoms. The second-order valence-corrected chi connectivity index (χ2v) is 8.96. The van der Waals surface area contributed by atoms with Gasteiger partial charge in [-0.25, -0.2) is 18.0 Å². The Morgan fingerprint density at radius 1 is 1.10 bits per heavy atom. The Balaban J connectivity index is 2.08. The van der Waals surface area contributed by atoms with Crippen molar-refractivity contribution in [2.45, 2.75) is 17.9 Å². The van der Waals surface area contributed by atoms with Crippen LogP contribution in [0.3, 0.4) is 0 Å². The van der Waals surface area contributed by atoms with Crippen LogP contribution in [-0.4, -0.2) is 33.3 Å². The topological polar surface area (TPSA) is 102 Å². The molecule has 9 heteroatoms. The summed E-state index contributed by atoms with van der Waals surface area (Å²) >= 11 is 5.82. The number of aryl methyl sites for hydroxylation is 1. The monoisotopic (exact) mass is 434 g/mol. The third-order valence-electron chi connectivity index (χ3n) is 4.48. The molecule has 0 fully saturated rings. The average molecular weight is 435 g/mol. The summed E-state index contributed by atoms with van der Waals surface area (Å²) in [5.41, 5.74) is 1.64. The summed E-state index contributed by atoms with van der Waals surface area (Å²) in [5, 5.41) is 5.51. The number of halogens is 1. The molecule has 3 rings (SSSR count). The van der Waals surface area contributed by atoms with Gasteiger partial charge in [-0.1, -0.05) is 41.4 Å². The van der Waals surface area contributed by atoms with Gasteiger partial charge in [-0.15, -0.1) is 0 Å². The van der Waals surface area contributed by atoms with E-state index in [1.165, 1.54) is 31.4 Å². The molecule has 7 nitrogen and oxygen atoms in total. The smallest absolute Gasteiger partial charge is 0.338 e. The van der Waals surface area contributed by atoms with Gasteiger partial charge in [0.15, 0.2) is 9.84 Å². The fourth-order valence-electron chi connectivity index (χ4n) is 3.01. The second kappa shape index (κ2) is 8.26. The molecule has 2 aromatic rings. The van der Waals surface area contributed by atoms with E-state index in [9.17, 15) is 18.0 Å². The zero-order chi connectivity index (χ0) is 21.2. The van der Waals surface area contributed by atoms with E-state index in [4.69, 9.17) is 16.3 Å². The van der Waals surface area contributed by atoms with Crippen LogP contribution in [-0.2, 0) is 19.4 Å². The minimum Gasteiger partial charge on any atom is -0.466 e. The van der Waals surface area contributed by atoms with Crippen molar-refractivity contribution in [1.29, 1.82) is 0 Å². The van der Waals surface area contributed by atoms with Gasteiger partial charge in [-0.05, 0) is 36.8 Å². The molecule has 2 amide bonds. The van der Waals surface area contributed by atoms with E-state index < -0.39 is 33.6 Å². The Morgan fingerprint density at radius 2 is 1.72 bits per heavy atom. The molecule has 1 aliphatic rings. The number of amides is 2. The van der Waals surface area contributed by atoms with Gasteiger partial charge in [0.1, 0.15) is 0 Å². The lowest BCUT2D eigenvalue weighted by atomic mass is 9.95. The number of nitrogens with one attached hydrogen (secondary N) is 2. The zero-order valence-electron chi connectivity index (χ0n) is 15.7. The van der Waals surface area contributed by atoms with Gasteiger partial charge in [0.05, 0.1) is 29.4 Å². The number of benzene rings is 2. The molecule has 152 valence electrons. The Hall–Kier alpha value is -2.84. The molecular weight excluding hydrogens is 416 g/mol. The lowest BCUT2D eigenvalue weighted by Crippen LogP contribution is -2.47. The molecule has 0 spiro atoms. The number of sulfone groups is 1. The predicted octanol–water partition coefficient (Wildman–Crippen LogP) is 2.90. The number of hydrogen-bond acceptors (Lipinski definition) is 5. The van der Waals surface area contributed by atoms with Crippen LogP contribution in [0.15, 0.2) is 64.7 Å². The SMILES string of the molecule is COC(=O)C1=C(CS(=O)(=O)c2ccc(Cl)cc2)NC(=O)NC1c1ccc(C)cc1. The van der Waals surface area contributed by atoms with E-state index >= 15 is 0 Å². The van der Waals surface area contributed by atoms with Crippen molar-refractivity contribution in [1.82, 2.24) is 10.6 Å². The standard InChI is InChI=1S/C20H19ClN2O5S/c1-12-3-5-13(6-4-12)18-17(19(24)28-2)16(22-20(25)23-18)11-29(26,27)15-9-7-14(21)8-10-15/h3-10,18H,11H2,1-2H3,(H2,22,23,25). The first-order valence-corrected chi connectivity index (χ1v) is 10.7. The van der Waals surface area contributed by atoms with Gasteiger partial charge < -0.3 is 15.4 Å². The van der Waals surface area contributed by atoms with Gasteiger partial charge >= 0.3 is 12.0 Å². The summed E-state index contributed by atoms with van der Waals surface area (Å²) in [6.45, 7) is 1.91. The minimum absolute atomic E-state index is 0.0262. The highest BCUT2D eigenvalue weighted by Gasteiger charge is 2.35. The van der Waals surface area contributed by atoms with Crippen LogP contribution in [0.25, 0.3) is 0 Å². The molecule has 0 aliphatic carbocycles. The molecule has 0 bridgehead atoms. The summed E-state index contributed by atoms with van der Waals surface area (Å²) in [6, 6.07) is 11.4. The van der Waals surface area contributed by atoms with Crippen LogP contribution in [0.5, 0.6) is 0 Å². The third kappa shape index (κ3) is 4.60. The van der Waals surface area contributed by atoms with Crippen LogP contribution in [0.1, 0.15) is 17.2 Å². The molecular formula is C20H19ClN2O5S. The highest BCUT2D eigenvalue weighted by Crippen LogP contribution is 2.29. The van der Waals surface area contributed by atoms with Crippen LogP contribution < -0.4 is 10.6 Å². The van der Waals surface area contributed by atoms with Gasteiger partial charge in [0.2, 0.25) is 0 Å². The molecule has 0 saturated carbocycles. The number of urea groups is 1. The molecule has 0 saturated heterocycles. The summed E-state index contributed by atoms with van der Waals surface area (Å²) in [6.07, 6.45) is 0. The van der Waals surface area contributed by atoms with E-state index in [1.807, 2.05) is 19.1 Å². The maximum absolute atomic E-state index is 12.9. The zero-order valence-corrected chi connectivity index (χ0v) is 17.3. The lowest BCUT2D eigenvalue weighted by molar-refractivity contribution is -0.136. The van der Waals surface area contributed by atoms with Crippen molar-refractivity contribution in [2.75, 3.05) is 12.9 Å². The fraction of sp³-hybridized carbons (Fsp3) is 0.200. The van der Waals surface area contributed by atoms with Crippen LogP contribution in [0, 0.1) is 6.92 Å². The molecule has 2 aromatic carbocycles. The average Bonchev–Trinajstić information content (AvgIpc) is 2.67. The van der Waals surface area contributed by atoms with Crippen LogP contribution >= 0.6 is 11.6 Å². The predicted molar refractivity (Wildman–Crippen MR) is 108 cm³/mol. The van der Waals surface area contributed by atoms with Crippen LogP contribution in [0.4, 0.5) is 4.79 Å². The van der Waals surface area contributed by atoms with Gasteiger partial charge in [0.25, 0.3) is 0 Å². The van der Waals surface area contributed by atoms with E-state index in [2.05, 4.69) is 10.6 Å². The Kier molecular flexibility index (Phi) is 5.95. The molecule has 0 aromatic heterocycles. The van der Waals surface area contributed by atoms with Gasteiger partial charge in [-0.2, -0.15) is 0 Å². The molecule has 1 heterocycles. The Morgan fingerprint density at radius 3 is 2.31 bits per heavy atom. The first-order valence-electron chi connectivity index (χ1n) is 8.65. The van der Waals surface area contributed by atoms with Crippen molar-refractivity contribution < 1.29 is 22.7 Å². The number of carbonyl (C=O) groups excluding carboxylic acids is 2. The maximum atomic E-state index is 12.9. The number of carbonyl (C=O) groups is 2. The summed E-state index contributed by atoms with van der Waals surface area (Å²) < 4.78 is 30.6. The summed E-state index contributed by atoms with van der Waals surface area (Å²) in [5.74, 6) is -1.31. The van der Waals surface area contributed by atoms with Crippen molar-refractivity contribution >= 4 is 33.4 Å². The molecule has 1 atom stereocenters. The number of hydrogen-bond donors (Lipinski definition) is 2. The highest BCUT2D eigenvalue weighted by molar-refractivity contribution is 7.91. The number of esters is 1. The quantitative estimate of drug-likeness (QED) is 0.704. The summed E-state index contributed by atoms with van der Waals surface area (Å²) in [4.78, 5) is 24.8. The highest BCUT2D eigenvalue weighted by atomic mass is 35.5. The molecule has 1 unspecified atom stereocenters. The lowest BCUT2D eigenvalue weighted by Gasteiger charge is -2.29. The van der Waals surface area contributed by atoms with E-state index in [0.717, 1.165) is 5.56 Å². The van der Waals surface area contributed by atoms with E-state index in [-0.39, 0.29) is 16.2 Å². The van der Waals surface area contributed by atoms with Crippen molar-refractivity contribution in [3.63, 3.8) is 0 Å². The van der Waals surface area contributed by atoms with Crippen molar-refractivity contribution in [3.05, 3.63) is 76.0 Å². The van der Waals surface area contributed by atoms with Crippen molar-refractivity contribution in [3.8, 4) is 0 Å². The van der Waals surface area contributed by atoms with Gasteiger partial charge in [0, 0.05) is 10.7 Å².